The molecule has 0 radical (unpaired) electrons. The third-order valence-electron chi connectivity index (χ3n) is 2.03. The van der Waals surface area contributed by atoms with E-state index >= 15 is 0 Å². The minimum Gasteiger partial charge on any atom is -0.308 e. The highest BCUT2D eigenvalue weighted by atomic mass is 14.7. The minimum absolute atomic E-state index is 0.914. The summed E-state index contributed by atoms with van der Waals surface area (Å²) in [5.74, 6) is 0. The van der Waals surface area contributed by atoms with Gasteiger partial charge in [-0.1, -0.05) is 18.2 Å². The molecule has 0 amide bonds. The van der Waals surface area contributed by atoms with Gasteiger partial charge in [-0.25, -0.2) is 0 Å². The van der Waals surface area contributed by atoms with Gasteiger partial charge in [0, 0.05) is 18.1 Å². The van der Waals surface area contributed by atoms with E-state index in [1.54, 1.807) is 0 Å². The summed E-state index contributed by atoms with van der Waals surface area (Å²) in [5, 5.41) is 7.18. The predicted molar refractivity (Wildman–Crippen MR) is 66.8 cm³/mol. The third kappa shape index (κ3) is 3.50. The molecular weight excluding hydrogens is 184 g/mol. The molecule has 0 aliphatic carbocycles. The normalized spacial score (nSPS) is 11.0. The number of nitrogens with one attached hydrogen (secondary N) is 1. The summed E-state index contributed by atoms with van der Waals surface area (Å²) < 4.78 is 0. The first kappa shape index (κ1) is 11.4. The molecule has 1 aromatic carbocycles. The highest BCUT2D eigenvalue weighted by Crippen LogP contribution is 2.14. The Labute approximate surface area is 90.9 Å². The van der Waals surface area contributed by atoms with Crippen LogP contribution in [0.4, 0.5) is 0 Å². The van der Waals surface area contributed by atoms with E-state index in [2.05, 4.69) is 4.99 Å². The molecule has 0 aromatic heterocycles. The van der Waals surface area contributed by atoms with Gasteiger partial charge in [-0.2, -0.15) is 0 Å². The van der Waals surface area contributed by atoms with Crippen molar-refractivity contribution >= 4 is 17.5 Å². The monoisotopic (exact) mass is 200 g/mol. The predicted octanol–water partition coefficient (Wildman–Crippen LogP) is 3.53. The van der Waals surface area contributed by atoms with Crippen molar-refractivity contribution in [1.82, 2.24) is 0 Å². The fourth-order valence-corrected chi connectivity index (χ4v) is 1.17. The van der Waals surface area contributed by atoms with Crippen LogP contribution in [-0.4, -0.2) is 11.9 Å². The molecule has 1 aromatic rings. The summed E-state index contributed by atoms with van der Waals surface area (Å²) >= 11 is 0. The van der Waals surface area contributed by atoms with Crippen molar-refractivity contribution in [3.05, 3.63) is 41.6 Å². The number of aliphatic imine (C=N–C) groups is 1. The Balaban J connectivity index is 3.00. The van der Waals surface area contributed by atoms with Crippen molar-refractivity contribution in [3.8, 4) is 0 Å². The molecule has 1 N–H and O–H groups in total. The zero-order valence-corrected chi connectivity index (χ0v) is 9.41. The van der Waals surface area contributed by atoms with Crippen molar-refractivity contribution in [3.63, 3.8) is 0 Å². The fraction of sp³-hybridized carbons (Fsp3) is 0.231. The molecule has 0 aliphatic heterocycles. The maximum absolute atomic E-state index is 7.18. The number of hydrogen-bond donors (Lipinski definition) is 1. The largest absolute Gasteiger partial charge is 0.308 e. The average molecular weight is 200 g/mol. The van der Waals surface area contributed by atoms with Gasteiger partial charge >= 0.3 is 0 Å². The molecule has 15 heavy (non-hydrogen) atoms. The molecule has 0 saturated heterocycles. The van der Waals surface area contributed by atoms with E-state index in [1.807, 2.05) is 51.2 Å². The second-order valence-corrected chi connectivity index (χ2v) is 3.66. The van der Waals surface area contributed by atoms with Gasteiger partial charge in [-0.15, -0.1) is 0 Å². The Morgan fingerprint density at radius 1 is 1.27 bits per heavy atom. The molecule has 0 saturated carbocycles. The van der Waals surface area contributed by atoms with Gasteiger partial charge in [0.2, 0.25) is 0 Å². The van der Waals surface area contributed by atoms with E-state index in [-0.39, 0.29) is 0 Å². The van der Waals surface area contributed by atoms with Crippen LogP contribution in [-0.2, 0) is 0 Å². The van der Waals surface area contributed by atoms with Crippen molar-refractivity contribution in [2.45, 2.75) is 20.8 Å². The van der Waals surface area contributed by atoms with Crippen molar-refractivity contribution in [2.24, 2.45) is 4.99 Å². The first-order valence-corrected chi connectivity index (χ1v) is 4.92. The minimum atomic E-state index is 0.914. The van der Waals surface area contributed by atoms with Crippen LogP contribution in [0.5, 0.6) is 0 Å². The van der Waals surface area contributed by atoms with Gasteiger partial charge in [0.15, 0.2) is 0 Å². The highest BCUT2D eigenvalue weighted by Gasteiger charge is 1.95. The Bertz CT molecular complexity index is 410. The van der Waals surface area contributed by atoms with Crippen LogP contribution in [0.1, 0.15) is 31.9 Å². The summed E-state index contributed by atoms with van der Waals surface area (Å²) in [6.45, 7) is 5.96. The van der Waals surface area contributed by atoms with Gasteiger partial charge in [-0.3, -0.25) is 4.99 Å². The molecular formula is C13H16N2. The van der Waals surface area contributed by atoms with Gasteiger partial charge in [0.05, 0.1) is 0 Å². The first-order chi connectivity index (χ1) is 7.13. The summed E-state index contributed by atoms with van der Waals surface area (Å²) in [7, 11) is 0. The van der Waals surface area contributed by atoms with Gasteiger partial charge in [0.1, 0.15) is 0 Å². The Morgan fingerprint density at radius 2 is 2.00 bits per heavy atom. The summed E-state index contributed by atoms with van der Waals surface area (Å²) in [4.78, 5) is 4.25. The lowest BCUT2D eigenvalue weighted by Gasteiger charge is -2.01. The standard InChI is InChI=1S/C13H16N2/c1-10(2)15-9-11(3)13-6-4-5-12(7-13)8-14/h4-9,14H,1-3H3/b11-9+,14-8?. The Kier molecular flexibility index (Phi) is 3.98. The van der Waals surface area contributed by atoms with Crippen LogP contribution in [0.2, 0.25) is 0 Å². The van der Waals surface area contributed by atoms with E-state index in [0.29, 0.717) is 0 Å². The van der Waals surface area contributed by atoms with Crippen LogP contribution in [0.15, 0.2) is 35.5 Å². The van der Waals surface area contributed by atoms with E-state index < -0.39 is 0 Å². The van der Waals surface area contributed by atoms with E-state index in [4.69, 9.17) is 5.41 Å². The molecule has 2 heteroatoms. The molecule has 0 fully saturated rings. The number of hydrogen-bond acceptors (Lipinski definition) is 2. The molecule has 1 rings (SSSR count). The lowest BCUT2D eigenvalue weighted by atomic mass is 10.1. The van der Waals surface area contributed by atoms with Crippen LogP contribution in [0, 0.1) is 5.41 Å². The molecule has 0 bridgehead atoms. The summed E-state index contributed by atoms with van der Waals surface area (Å²) in [5.41, 5.74) is 4.18. The van der Waals surface area contributed by atoms with Crippen molar-refractivity contribution < 1.29 is 0 Å². The van der Waals surface area contributed by atoms with Crippen LogP contribution >= 0.6 is 0 Å². The first-order valence-electron chi connectivity index (χ1n) is 4.92. The van der Waals surface area contributed by atoms with Crippen molar-refractivity contribution in [1.29, 1.82) is 5.41 Å². The summed E-state index contributed by atoms with van der Waals surface area (Å²) in [6, 6.07) is 7.88. The van der Waals surface area contributed by atoms with Gasteiger partial charge in [0.25, 0.3) is 0 Å². The zero-order chi connectivity index (χ0) is 11.3. The Hall–Kier alpha value is -1.70. The van der Waals surface area contributed by atoms with E-state index in [0.717, 1.165) is 22.4 Å². The van der Waals surface area contributed by atoms with Gasteiger partial charge < -0.3 is 5.41 Å². The Morgan fingerprint density at radius 3 is 2.60 bits per heavy atom. The quantitative estimate of drug-likeness (QED) is 0.725. The van der Waals surface area contributed by atoms with Crippen LogP contribution < -0.4 is 0 Å². The third-order valence-corrected chi connectivity index (χ3v) is 2.03. The second kappa shape index (κ2) is 5.25. The number of allylic oxidation sites excluding steroid dienone is 1. The fourth-order valence-electron chi connectivity index (χ4n) is 1.17. The second-order valence-electron chi connectivity index (χ2n) is 3.66. The van der Waals surface area contributed by atoms with Gasteiger partial charge in [-0.05, 0) is 43.5 Å². The smallest absolute Gasteiger partial charge is 0.0302 e. The number of nitrogens with zero attached hydrogens (tertiary/aromatic N) is 1. The van der Waals surface area contributed by atoms with E-state index in [9.17, 15) is 0 Å². The topological polar surface area (TPSA) is 36.2 Å². The molecule has 0 aliphatic rings. The van der Waals surface area contributed by atoms with E-state index in [1.165, 1.54) is 6.21 Å². The SMILES string of the molecule is CC(C)=N/C=C(\C)c1cccc(C=N)c1. The van der Waals surface area contributed by atoms with Crippen LogP contribution in [0.25, 0.3) is 5.57 Å². The maximum atomic E-state index is 7.18. The molecule has 78 valence electrons. The number of benzene rings is 1. The molecule has 0 heterocycles. The average Bonchev–Trinajstić information content (AvgIpc) is 2.26. The van der Waals surface area contributed by atoms with Crippen molar-refractivity contribution in [2.75, 3.05) is 0 Å². The number of rotatable bonds is 3. The molecule has 0 spiro atoms. The lowest BCUT2D eigenvalue weighted by molar-refractivity contribution is 1.45. The molecule has 0 unspecified atom stereocenters. The van der Waals surface area contributed by atoms with Crippen LogP contribution in [0.3, 0.4) is 0 Å². The maximum Gasteiger partial charge on any atom is 0.0302 e. The zero-order valence-electron chi connectivity index (χ0n) is 9.41. The highest BCUT2D eigenvalue weighted by molar-refractivity contribution is 5.82. The lowest BCUT2D eigenvalue weighted by Crippen LogP contribution is -1.84. The molecule has 2 nitrogen and oxygen atoms in total. The molecule has 0 atom stereocenters. The summed E-state index contributed by atoms with van der Waals surface area (Å²) in [6.07, 6.45) is 3.21.